The van der Waals surface area contributed by atoms with Gasteiger partial charge in [0.2, 0.25) is 5.43 Å². The molecule has 142 valence electrons. The Morgan fingerprint density at radius 1 is 1.29 bits per heavy atom. The van der Waals surface area contributed by atoms with Gasteiger partial charge in [-0.25, -0.2) is 14.0 Å². The maximum Gasteiger partial charge on any atom is 0.355 e. The first-order valence-electron chi connectivity index (χ1n) is 7.81. The van der Waals surface area contributed by atoms with Gasteiger partial charge in [0.1, 0.15) is 17.1 Å². The van der Waals surface area contributed by atoms with Crippen molar-refractivity contribution in [1.29, 1.82) is 0 Å². The minimum absolute atomic E-state index is 0.0482. The van der Waals surface area contributed by atoms with Gasteiger partial charge in [-0.3, -0.25) is 9.78 Å². The lowest BCUT2D eigenvalue weighted by Crippen LogP contribution is -2.21. The minimum atomic E-state index is -1.52. The van der Waals surface area contributed by atoms with E-state index in [9.17, 15) is 23.9 Å². The number of benzene rings is 1. The highest BCUT2D eigenvalue weighted by atomic mass is 35.5. The van der Waals surface area contributed by atoms with Crippen molar-refractivity contribution in [2.45, 2.75) is 0 Å². The number of carbonyl (C=O) groups is 2. The number of hydrogen-bond acceptors (Lipinski definition) is 5. The molecule has 7 nitrogen and oxygen atoms in total. The van der Waals surface area contributed by atoms with Gasteiger partial charge in [0, 0.05) is 24.0 Å². The number of carboxylic acid groups (broad SMARTS) is 1. The number of fused-ring (bicyclic) bond motifs is 1. The van der Waals surface area contributed by atoms with Crippen molar-refractivity contribution < 1.29 is 23.8 Å². The summed E-state index contributed by atoms with van der Waals surface area (Å²) in [5.74, 6) is -3.22. The lowest BCUT2D eigenvalue weighted by molar-refractivity contribution is -0.134. The van der Waals surface area contributed by atoms with Gasteiger partial charge in [0.05, 0.1) is 17.6 Å². The molecule has 0 aliphatic heterocycles. The smallest absolute Gasteiger partial charge is 0.355 e. The molecule has 0 amide bonds. The molecule has 3 aromatic rings. The van der Waals surface area contributed by atoms with Crippen LogP contribution in [-0.2, 0) is 9.53 Å². The van der Waals surface area contributed by atoms with Crippen molar-refractivity contribution in [3.63, 3.8) is 0 Å². The van der Waals surface area contributed by atoms with Gasteiger partial charge < -0.3 is 14.4 Å². The zero-order valence-corrected chi connectivity index (χ0v) is 15.1. The van der Waals surface area contributed by atoms with Crippen LogP contribution in [0.25, 0.3) is 22.7 Å². The summed E-state index contributed by atoms with van der Waals surface area (Å²) in [5.41, 5.74) is -1.04. The zero-order valence-electron chi connectivity index (χ0n) is 14.3. The van der Waals surface area contributed by atoms with Crippen LogP contribution < -0.4 is 5.43 Å². The second kappa shape index (κ2) is 7.61. The van der Waals surface area contributed by atoms with Crippen LogP contribution in [0.5, 0.6) is 0 Å². The van der Waals surface area contributed by atoms with Crippen LogP contribution in [0.1, 0.15) is 15.9 Å². The molecule has 2 heterocycles. The molecule has 0 fully saturated rings. The highest BCUT2D eigenvalue weighted by molar-refractivity contribution is 6.31. The number of rotatable bonds is 4. The molecule has 0 aliphatic carbocycles. The SMILES string of the molecule is COC(=O)/C(=C/c1ccncc1)n1cc(C(=O)O)c(=O)c2cc(F)c(Cl)cc21. The van der Waals surface area contributed by atoms with Crippen molar-refractivity contribution in [2.24, 2.45) is 0 Å². The number of aromatic nitrogens is 2. The van der Waals surface area contributed by atoms with Crippen molar-refractivity contribution in [3.05, 3.63) is 75.0 Å². The maximum atomic E-state index is 13.9. The summed E-state index contributed by atoms with van der Waals surface area (Å²) < 4.78 is 19.9. The maximum absolute atomic E-state index is 13.9. The number of carboxylic acids is 1. The van der Waals surface area contributed by atoms with E-state index in [-0.39, 0.29) is 21.6 Å². The van der Waals surface area contributed by atoms with Crippen LogP contribution in [0.3, 0.4) is 0 Å². The number of hydrogen-bond donors (Lipinski definition) is 1. The molecule has 2 aromatic heterocycles. The van der Waals surface area contributed by atoms with E-state index in [1.807, 2.05) is 0 Å². The average molecular weight is 403 g/mol. The average Bonchev–Trinajstić information content (AvgIpc) is 2.68. The molecule has 9 heteroatoms. The van der Waals surface area contributed by atoms with E-state index in [1.165, 1.54) is 18.5 Å². The minimum Gasteiger partial charge on any atom is -0.477 e. The number of pyridine rings is 2. The Morgan fingerprint density at radius 3 is 2.57 bits per heavy atom. The Labute approximate surface area is 162 Å². The summed E-state index contributed by atoms with van der Waals surface area (Å²) in [6.07, 6.45) is 5.39. The highest BCUT2D eigenvalue weighted by Gasteiger charge is 2.21. The summed E-state index contributed by atoms with van der Waals surface area (Å²) in [6.45, 7) is 0. The summed E-state index contributed by atoms with van der Waals surface area (Å²) in [7, 11) is 1.15. The third-order valence-electron chi connectivity index (χ3n) is 3.94. The highest BCUT2D eigenvalue weighted by Crippen LogP contribution is 2.25. The Balaban J connectivity index is 2.44. The van der Waals surface area contributed by atoms with E-state index in [0.717, 1.165) is 30.0 Å². The van der Waals surface area contributed by atoms with Crippen LogP contribution in [0, 0.1) is 5.82 Å². The molecule has 0 unspecified atom stereocenters. The van der Waals surface area contributed by atoms with Gasteiger partial charge in [0.25, 0.3) is 0 Å². The van der Waals surface area contributed by atoms with Crippen LogP contribution >= 0.6 is 11.6 Å². The Bertz CT molecular complexity index is 1190. The molecule has 0 spiro atoms. The predicted octanol–water partition coefficient (Wildman–Crippen LogP) is 3.06. The summed E-state index contributed by atoms with van der Waals surface area (Å²) in [5, 5.41) is 8.83. The van der Waals surface area contributed by atoms with E-state index < -0.39 is 28.7 Å². The van der Waals surface area contributed by atoms with Gasteiger partial charge in [0.15, 0.2) is 0 Å². The number of halogens is 2. The van der Waals surface area contributed by atoms with Gasteiger partial charge >= 0.3 is 11.9 Å². The number of nitrogens with zero attached hydrogens (tertiary/aromatic N) is 2. The number of ether oxygens (including phenoxy) is 1. The first kappa shape index (κ1) is 19.2. The van der Waals surface area contributed by atoms with E-state index in [0.29, 0.717) is 5.56 Å². The van der Waals surface area contributed by atoms with Crippen LogP contribution in [-0.4, -0.2) is 33.7 Å². The van der Waals surface area contributed by atoms with Crippen molar-refractivity contribution in [3.8, 4) is 0 Å². The lowest BCUT2D eigenvalue weighted by atomic mass is 10.1. The van der Waals surface area contributed by atoms with Gasteiger partial charge in [-0.05, 0) is 35.9 Å². The molecule has 1 aromatic carbocycles. The van der Waals surface area contributed by atoms with Crippen molar-refractivity contribution in [2.75, 3.05) is 7.11 Å². The molecule has 0 aliphatic rings. The molecular formula is C19H12ClFN2O5. The quantitative estimate of drug-likeness (QED) is 0.532. The fourth-order valence-corrected chi connectivity index (χ4v) is 2.78. The normalized spacial score (nSPS) is 11.5. The van der Waals surface area contributed by atoms with Crippen molar-refractivity contribution in [1.82, 2.24) is 9.55 Å². The molecule has 1 N–H and O–H groups in total. The van der Waals surface area contributed by atoms with Crippen LogP contribution in [0.2, 0.25) is 5.02 Å². The predicted molar refractivity (Wildman–Crippen MR) is 101 cm³/mol. The second-order valence-corrected chi connectivity index (χ2v) is 6.04. The van der Waals surface area contributed by atoms with E-state index in [4.69, 9.17) is 16.3 Å². The standard InChI is InChI=1S/C19H12ClFN2O5/c1-28-19(27)16(6-10-2-4-22-5-3-10)23-9-12(18(25)26)17(24)11-7-14(21)13(20)8-15(11)23/h2-9H,1H3,(H,25,26)/b16-6-. The zero-order chi connectivity index (χ0) is 20.4. The van der Waals surface area contributed by atoms with Gasteiger partial charge in [-0.15, -0.1) is 0 Å². The number of esters is 1. The largest absolute Gasteiger partial charge is 0.477 e. The van der Waals surface area contributed by atoms with Crippen molar-refractivity contribution >= 4 is 46.2 Å². The molecule has 0 radical (unpaired) electrons. The summed E-state index contributed by atoms with van der Waals surface area (Å²) in [6, 6.07) is 5.20. The first-order chi connectivity index (χ1) is 13.3. The number of aromatic carboxylic acids is 1. The van der Waals surface area contributed by atoms with Crippen LogP contribution in [0.15, 0.2) is 47.7 Å². The van der Waals surface area contributed by atoms with E-state index >= 15 is 0 Å². The first-order valence-corrected chi connectivity index (χ1v) is 8.19. The van der Waals surface area contributed by atoms with Gasteiger partial charge in [-0.1, -0.05) is 11.6 Å². The molecular weight excluding hydrogens is 391 g/mol. The summed E-state index contributed by atoms with van der Waals surface area (Å²) >= 11 is 5.84. The van der Waals surface area contributed by atoms with E-state index in [2.05, 4.69) is 4.98 Å². The molecule has 0 bridgehead atoms. The summed E-state index contributed by atoms with van der Waals surface area (Å²) in [4.78, 5) is 40.3. The fraction of sp³-hybridized carbons (Fsp3) is 0.0526. The Kier molecular flexibility index (Phi) is 5.23. The monoisotopic (exact) mass is 402 g/mol. The molecule has 0 saturated heterocycles. The molecule has 0 saturated carbocycles. The molecule has 0 atom stereocenters. The fourth-order valence-electron chi connectivity index (χ4n) is 2.62. The Hall–Kier alpha value is -3.52. The molecule has 3 rings (SSSR count). The third-order valence-corrected chi connectivity index (χ3v) is 4.23. The van der Waals surface area contributed by atoms with Crippen LogP contribution in [0.4, 0.5) is 4.39 Å². The number of methoxy groups -OCH3 is 1. The van der Waals surface area contributed by atoms with Gasteiger partial charge in [-0.2, -0.15) is 0 Å². The topological polar surface area (TPSA) is 98.5 Å². The second-order valence-electron chi connectivity index (χ2n) is 5.63. The lowest BCUT2D eigenvalue weighted by Gasteiger charge is -2.15. The Morgan fingerprint density at radius 2 is 1.96 bits per heavy atom. The van der Waals surface area contributed by atoms with E-state index in [1.54, 1.807) is 12.1 Å². The number of carbonyl (C=O) groups excluding carboxylic acids is 1. The third kappa shape index (κ3) is 3.49. The molecule has 28 heavy (non-hydrogen) atoms.